The molecule has 0 radical (unpaired) electrons. The van der Waals surface area contributed by atoms with Gasteiger partial charge < -0.3 is 20.1 Å². The number of ether oxygens (including phenoxy) is 2. The Morgan fingerprint density at radius 1 is 1.04 bits per heavy atom. The van der Waals surface area contributed by atoms with Crippen LogP contribution in [0, 0.1) is 17.3 Å². The summed E-state index contributed by atoms with van der Waals surface area (Å²) in [5.74, 6) is 2.57. The topological polar surface area (TPSA) is 59.6 Å². The Morgan fingerprint density at radius 3 is 2.39 bits per heavy atom. The number of carbonyl (C=O) groups excluding carboxylic acids is 1. The van der Waals surface area contributed by atoms with Gasteiger partial charge in [0.15, 0.2) is 0 Å². The smallest absolute Gasteiger partial charge is 0.226 e. The van der Waals surface area contributed by atoms with Gasteiger partial charge >= 0.3 is 0 Å². The lowest BCUT2D eigenvalue weighted by Crippen LogP contribution is -2.59. The van der Waals surface area contributed by atoms with Crippen molar-refractivity contribution in [1.82, 2.24) is 10.6 Å². The number of rotatable bonds is 9. The molecule has 1 aromatic rings. The molecule has 4 saturated carbocycles. The van der Waals surface area contributed by atoms with E-state index in [-0.39, 0.29) is 16.7 Å². The van der Waals surface area contributed by atoms with Crippen molar-refractivity contribution in [3.63, 3.8) is 0 Å². The minimum Gasteiger partial charge on any atom is -0.497 e. The van der Waals surface area contributed by atoms with Gasteiger partial charge in [-0.3, -0.25) is 4.79 Å². The first kappa shape index (κ1) is 19.7. The van der Waals surface area contributed by atoms with Crippen molar-refractivity contribution in [2.45, 2.75) is 43.9 Å². The number of amides is 1. The monoisotopic (exact) mass is 386 g/mol. The van der Waals surface area contributed by atoms with Crippen molar-refractivity contribution < 1.29 is 14.3 Å². The summed E-state index contributed by atoms with van der Waals surface area (Å²) in [5, 5.41) is 6.55. The first-order chi connectivity index (χ1) is 13.6. The highest BCUT2D eigenvalue weighted by Crippen LogP contribution is 2.65. The van der Waals surface area contributed by atoms with Crippen molar-refractivity contribution in [3.8, 4) is 5.75 Å². The zero-order valence-electron chi connectivity index (χ0n) is 17.3. The molecule has 28 heavy (non-hydrogen) atoms. The quantitative estimate of drug-likeness (QED) is 0.641. The van der Waals surface area contributed by atoms with Gasteiger partial charge in [-0.25, -0.2) is 0 Å². The molecule has 5 nitrogen and oxygen atoms in total. The number of nitrogens with one attached hydrogen (secondary N) is 2. The highest BCUT2D eigenvalue weighted by Gasteiger charge is 2.60. The van der Waals surface area contributed by atoms with Crippen LogP contribution in [-0.2, 0) is 14.9 Å². The molecular formula is C23H34N2O3. The van der Waals surface area contributed by atoms with Gasteiger partial charge in [-0.2, -0.15) is 0 Å². The molecule has 0 heterocycles. The maximum absolute atomic E-state index is 13.3. The lowest BCUT2D eigenvalue weighted by molar-refractivity contribution is -0.149. The lowest BCUT2D eigenvalue weighted by atomic mass is 9.42. The third-order valence-electron chi connectivity index (χ3n) is 7.32. The average Bonchev–Trinajstić information content (AvgIpc) is 2.69. The fourth-order valence-electron chi connectivity index (χ4n) is 6.56. The van der Waals surface area contributed by atoms with Gasteiger partial charge in [0, 0.05) is 26.7 Å². The number of benzene rings is 1. The van der Waals surface area contributed by atoms with Gasteiger partial charge in [0.05, 0.1) is 19.1 Å². The summed E-state index contributed by atoms with van der Waals surface area (Å²) in [5.41, 5.74) is 1.40. The third-order valence-corrected chi connectivity index (χ3v) is 7.32. The second-order valence-electron chi connectivity index (χ2n) is 9.25. The van der Waals surface area contributed by atoms with Crippen molar-refractivity contribution in [2.75, 3.05) is 40.5 Å². The number of hydrogen-bond acceptors (Lipinski definition) is 4. The summed E-state index contributed by atoms with van der Waals surface area (Å²) >= 11 is 0. The lowest BCUT2D eigenvalue weighted by Gasteiger charge is -2.61. The van der Waals surface area contributed by atoms with Gasteiger partial charge in [-0.05, 0) is 73.5 Å². The van der Waals surface area contributed by atoms with Gasteiger partial charge in [-0.15, -0.1) is 0 Å². The van der Waals surface area contributed by atoms with Gasteiger partial charge in [0.25, 0.3) is 0 Å². The van der Waals surface area contributed by atoms with Crippen LogP contribution in [0.25, 0.3) is 0 Å². The highest BCUT2D eigenvalue weighted by atomic mass is 16.5. The first-order valence-corrected chi connectivity index (χ1v) is 10.7. The SMILES string of the molecule is COCCNCCNC(=O)C12CC3CC(C1)CC(c1ccc(OC)cc1)(C3)C2. The van der Waals surface area contributed by atoms with Crippen LogP contribution >= 0.6 is 0 Å². The van der Waals surface area contributed by atoms with E-state index in [2.05, 4.69) is 34.9 Å². The molecule has 154 valence electrons. The van der Waals surface area contributed by atoms with E-state index in [9.17, 15) is 4.79 Å². The van der Waals surface area contributed by atoms with Crippen LogP contribution < -0.4 is 15.4 Å². The standard InChI is InChI=1S/C23H34N2O3/c1-27-10-9-24-7-8-25-21(26)23-14-17-11-18(15-23)13-22(12-17,16-23)19-3-5-20(28-2)6-4-19/h3-6,17-18,24H,7-16H2,1-2H3,(H,25,26). The van der Waals surface area contributed by atoms with Crippen LogP contribution in [-0.4, -0.2) is 46.4 Å². The van der Waals surface area contributed by atoms with E-state index in [4.69, 9.17) is 9.47 Å². The van der Waals surface area contributed by atoms with Crippen LogP contribution in [0.2, 0.25) is 0 Å². The Bertz CT molecular complexity index is 674. The van der Waals surface area contributed by atoms with E-state index in [1.54, 1.807) is 14.2 Å². The first-order valence-electron chi connectivity index (χ1n) is 10.7. The van der Waals surface area contributed by atoms with E-state index in [1.807, 2.05) is 0 Å². The second-order valence-corrected chi connectivity index (χ2v) is 9.25. The molecule has 5 rings (SSSR count). The van der Waals surface area contributed by atoms with E-state index >= 15 is 0 Å². The number of hydrogen-bond donors (Lipinski definition) is 2. The van der Waals surface area contributed by atoms with Crippen LogP contribution in [0.5, 0.6) is 5.75 Å². The summed E-state index contributed by atoms with van der Waals surface area (Å²) in [6.45, 7) is 3.00. The minimum absolute atomic E-state index is 0.170. The molecule has 4 bridgehead atoms. The Morgan fingerprint density at radius 2 is 1.75 bits per heavy atom. The number of carbonyl (C=O) groups is 1. The molecular weight excluding hydrogens is 352 g/mol. The molecule has 2 N–H and O–H groups in total. The maximum atomic E-state index is 13.3. The molecule has 0 aromatic heterocycles. The van der Waals surface area contributed by atoms with E-state index < -0.39 is 0 Å². The van der Waals surface area contributed by atoms with E-state index in [1.165, 1.54) is 24.8 Å². The predicted molar refractivity (Wildman–Crippen MR) is 110 cm³/mol. The van der Waals surface area contributed by atoms with Gasteiger partial charge in [0.2, 0.25) is 5.91 Å². The van der Waals surface area contributed by atoms with Crippen LogP contribution in [0.3, 0.4) is 0 Å². The summed E-state index contributed by atoms with van der Waals surface area (Å²) in [7, 11) is 3.42. The third kappa shape index (κ3) is 3.67. The summed E-state index contributed by atoms with van der Waals surface area (Å²) in [4.78, 5) is 13.3. The van der Waals surface area contributed by atoms with Crippen LogP contribution in [0.1, 0.15) is 44.1 Å². The number of methoxy groups -OCH3 is 2. The van der Waals surface area contributed by atoms with Crippen molar-refractivity contribution >= 4 is 5.91 Å². The Kier molecular flexibility index (Phi) is 5.66. The van der Waals surface area contributed by atoms with Crippen molar-refractivity contribution in [3.05, 3.63) is 29.8 Å². The molecule has 2 atom stereocenters. The molecule has 4 aliphatic carbocycles. The predicted octanol–water partition coefficient (Wildman–Crippen LogP) is 2.89. The normalized spacial score (nSPS) is 33.1. The molecule has 1 aromatic carbocycles. The largest absolute Gasteiger partial charge is 0.497 e. The van der Waals surface area contributed by atoms with Crippen molar-refractivity contribution in [2.24, 2.45) is 17.3 Å². The summed E-state index contributed by atoms with van der Waals surface area (Å²) < 4.78 is 10.4. The molecule has 0 aliphatic heterocycles. The fourth-order valence-corrected chi connectivity index (χ4v) is 6.56. The average molecular weight is 387 g/mol. The zero-order chi connectivity index (χ0) is 19.6. The highest BCUT2D eigenvalue weighted by molar-refractivity contribution is 5.83. The van der Waals surface area contributed by atoms with Crippen molar-refractivity contribution in [1.29, 1.82) is 0 Å². The zero-order valence-corrected chi connectivity index (χ0v) is 17.3. The molecule has 4 fully saturated rings. The Balaban J connectivity index is 1.45. The fraction of sp³-hybridized carbons (Fsp3) is 0.696. The van der Waals surface area contributed by atoms with Crippen LogP contribution in [0.15, 0.2) is 24.3 Å². The van der Waals surface area contributed by atoms with Crippen LogP contribution in [0.4, 0.5) is 0 Å². The van der Waals surface area contributed by atoms with E-state index in [0.29, 0.717) is 25.0 Å². The van der Waals surface area contributed by atoms with E-state index in [0.717, 1.165) is 38.1 Å². The second kappa shape index (κ2) is 8.03. The molecule has 1 amide bonds. The summed E-state index contributed by atoms with van der Waals surface area (Å²) in [6, 6.07) is 8.62. The van der Waals surface area contributed by atoms with Gasteiger partial charge in [-0.1, -0.05) is 12.1 Å². The molecule has 2 unspecified atom stereocenters. The molecule has 0 saturated heterocycles. The molecule has 0 spiro atoms. The Labute approximate surface area is 168 Å². The molecule has 4 aliphatic rings. The molecule has 5 heteroatoms. The maximum Gasteiger partial charge on any atom is 0.226 e. The van der Waals surface area contributed by atoms with Gasteiger partial charge in [0.1, 0.15) is 5.75 Å². The summed E-state index contributed by atoms with van der Waals surface area (Å²) in [6.07, 6.45) is 6.94. The minimum atomic E-state index is -0.170. The Hall–Kier alpha value is -1.59.